The number of aliphatic hydroxyl groups is 2. The summed E-state index contributed by atoms with van der Waals surface area (Å²) < 4.78 is 19.3. The van der Waals surface area contributed by atoms with Gasteiger partial charge in [0, 0.05) is 22.7 Å². The minimum Gasteiger partial charge on any atom is -0.388 e. The quantitative estimate of drug-likeness (QED) is 0.476. The zero-order chi connectivity index (χ0) is 20.8. The van der Waals surface area contributed by atoms with Gasteiger partial charge in [0.05, 0.1) is 18.8 Å². The van der Waals surface area contributed by atoms with E-state index in [2.05, 4.69) is 6.58 Å². The van der Waals surface area contributed by atoms with E-state index in [-0.39, 0.29) is 23.5 Å². The van der Waals surface area contributed by atoms with E-state index in [0.29, 0.717) is 12.2 Å². The summed E-state index contributed by atoms with van der Waals surface area (Å²) >= 11 is 0. The third-order valence-corrected chi connectivity index (χ3v) is 9.25. The Hall–Kier alpha value is -1.05. The number of aliphatic hydroxyl groups excluding tert-OH is 2. The number of ether oxygens (including phenoxy) is 3. The van der Waals surface area contributed by atoms with Crippen LogP contribution in [0.15, 0.2) is 24.3 Å². The zero-order valence-electron chi connectivity index (χ0n) is 17.5. The molecule has 4 aliphatic carbocycles. The molecule has 0 radical (unpaired) electrons. The molecule has 4 bridgehead atoms. The maximum atomic E-state index is 13.9. The molecule has 0 unspecified atom stereocenters. The first-order valence-electron chi connectivity index (χ1n) is 10.8. The molecule has 7 rings (SSSR count). The number of ketones is 1. The molecule has 3 spiro atoms. The van der Waals surface area contributed by atoms with Crippen molar-refractivity contribution in [2.75, 3.05) is 6.61 Å². The maximum absolute atomic E-state index is 13.9. The summed E-state index contributed by atoms with van der Waals surface area (Å²) in [5.74, 6) is -3.04. The van der Waals surface area contributed by atoms with Gasteiger partial charge in [0.25, 0.3) is 0 Å². The largest absolute Gasteiger partial charge is 0.388 e. The van der Waals surface area contributed by atoms with Gasteiger partial charge in [-0.1, -0.05) is 32.6 Å². The molecule has 29 heavy (non-hydrogen) atoms. The first kappa shape index (κ1) is 18.7. The van der Waals surface area contributed by atoms with Crippen molar-refractivity contribution in [2.24, 2.45) is 34.0 Å². The molecule has 7 aliphatic rings. The maximum Gasteiger partial charge on any atom is 0.213 e. The van der Waals surface area contributed by atoms with Crippen LogP contribution in [0.2, 0.25) is 0 Å². The van der Waals surface area contributed by atoms with Crippen LogP contribution >= 0.6 is 0 Å². The van der Waals surface area contributed by atoms with Crippen molar-refractivity contribution in [3.63, 3.8) is 0 Å². The van der Waals surface area contributed by atoms with Crippen LogP contribution in [0, 0.1) is 34.0 Å². The van der Waals surface area contributed by atoms with Crippen molar-refractivity contribution in [1.82, 2.24) is 0 Å². The summed E-state index contributed by atoms with van der Waals surface area (Å²) in [7, 11) is 0. The molecule has 9 atom stereocenters. The number of rotatable bonds is 0. The minimum absolute atomic E-state index is 0.0700. The Morgan fingerprint density at radius 1 is 1.17 bits per heavy atom. The van der Waals surface area contributed by atoms with E-state index in [1.807, 2.05) is 39.8 Å². The van der Waals surface area contributed by atoms with E-state index < -0.39 is 46.1 Å². The number of hydrogen-bond donors (Lipinski definition) is 2. The molecule has 0 amide bonds. The van der Waals surface area contributed by atoms with E-state index in [1.54, 1.807) is 0 Å². The highest BCUT2D eigenvalue weighted by atomic mass is 16.8. The van der Waals surface area contributed by atoms with E-state index in [4.69, 9.17) is 14.2 Å². The van der Waals surface area contributed by atoms with Gasteiger partial charge >= 0.3 is 0 Å². The fourth-order valence-electron chi connectivity index (χ4n) is 8.33. The van der Waals surface area contributed by atoms with Crippen LogP contribution in [0.1, 0.15) is 40.5 Å². The summed E-state index contributed by atoms with van der Waals surface area (Å²) in [6.45, 7) is 12.1. The topological polar surface area (TPSA) is 85.2 Å². The second-order valence-corrected chi connectivity index (χ2v) is 11.1. The number of carbonyl (C=O) groups is 1. The molecule has 6 nitrogen and oxygen atoms in total. The van der Waals surface area contributed by atoms with Crippen molar-refractivity contribution in [2.45, 2.75) is 70.4 Å². The van der Waals surface area contributed by atoms with Crippen LogP contribution in [-0.2, 0) is 19.0 Å². The second-order valence-electron chi connectivity index (χ2n) is 11.1. The molecule has 6 heteroatoms. The van der Waals surface area contributed by atoms with Crippen LogP contribution in [0.25, 0.3) is 0 Å². The zero-order valence-corrected chi connectivity index (χ0v) is 17.5. The SMILES string of the molecule is C=C1C(=O)[C@@]23[C@@H]4OC(C)(C)O[C@]25OC[C@]2(C=C[C@H](O)C(C)(C)[C@H]2[C@@H]5O)[C@@H]3CC[C@@H]14. The summed E-state index contributed by atoms with van der Waals surface area (Å²) in [5, 5.41) is 22.7. The Kier molecular flexibility index (Phi) is 3.15. The lowest BCUT2D eigenvalue weighted by molar-refractivity contribution is -0.524. The molecular weight excluding hydrogens is 372 g/mol. The van der Waals surface area contributed by atoms with Crippen LogP contribution < -0.4 is 0 Å². The highest BCUT2D eigenvalue weighted by Crippen LogP contribution is 2.78. The Bertz CT molecular complexity index is 875. The van der Waals surface area contributed by atoms with Gasteiger partial charge in [-0.3, -0.25) is 4.79 Å². The van der Waals surface area contributed by atoms with E-state index in [1.165, 1.54) is 0 Å². The molecule has 2 N–H and O–H groups in total. The fourth-order valence-corrected chi connectivity index (χ4v) is 8.33. The molecule has 3 saturated carbocycles. The Balaban J connectivity index is 1.68. The summed E-state index contributed by atoms with van der Waals surface area (Å²) in [6.07, 6.45) is 3.33. The number of hydrogen-bond acceptors (Lipinski definition) is 6. The molecule has 6 fully saturated rings. The Morgan fingerprint density at radius 2 is 1.90 bits per heavy atom. The molecule has 158 valence electrons. The smallest absolute Gasteiger partial charge is 0.213 e. The standard InChI is InChI=1S/C23H30O6/c1-11-12-6-7-13-21-9-8-14(24)19(2,3)15(21)17(26)23(27-10-21)22(13,16(11)25)18(12)28-20(4,5)29-23/h8-9,12-15,17-18,24,26H,1,6-7,10H2,2-5H3/t12-,13-,14-,15+,17-,18+,21+,22-,23-/m0/s1. The lowest BCUT2D eigenvalue weighted by Crippen LogP contribution is -2.87. The third-order valence-electron chi connectivity index (χ3n) is 9.25. The van der Waals surface area contributed by atoms with Crippen molar-refractivity contribution in [1.29, 1.82) is 0 Å². The summed E-state index contributed by atoms with van der Waals surface area (Å²) in [4.78, 5) is 13.9. The third kappa shape index (κ3) is 1.65. The lowest BCUT2D eigenvalue weighted by atomic mass is 9.37. The van der Waals surface area contributed by atoms with E-state index in [0.717, 1.165) is 12.8 Å². The molecule has 0 aromatic heterocycles. The summed E-state index contributed by atoms with van der Waals surface area (Å²) in [6, 6.07) is 0. The van der Waals surface area contributed by atoms with E-state index in [9.17, 15) is 15.0 Å². The molecule has 3 aliphatic heterocycles. The second kappa shape index (κ2) is 4.89. The van der Waals surface area contributed by atoms with Crippen molar-refractivity contribution < 1.29 is 29.2 Å². The average molecular weight is 402 g/mol. The van der Waals surface area contributed by atoms with Crippen molar-refractivity contribution in [3.8, 4) is 0 Å². The van der Waals surface area contributed by atoms with Crippen LogP contribution in [0.4, 0.5) is 0 Å². The first-order chi connectivity index (χ1) is 13.5. The predicted octanol–water partition coefficient (Wildman–Crippen LogP) is 1.95. The Morgan fingerprint density at radius 3 is 2.62 bits per heavy atom. The van der Waals surface area contributed by atoms with Gasteiger partial charge in [-0.25, -0.2) is 0 Å². The predicted molar refractivity (Wildman–Crippen MR) is 102 cm³/mol. The molecular formula is C23H30O6. The molecule has 3 saturated heterocycles. The van der Waals surface area contributed by atoms with Crippen LogP contribution in [-0.4, -0.2) is 52.5 Å². The minimum atomic E-state index is -1.49. The van der Waals surface area contributed by atoms with Gasteiger partial charge in [0.15, 0.2) is 11.6 Å². The van der Waals surface area contributed by atoms with Crippen molar-refractivity contribution >= 4 is 5.78 Å². The first-order valence-corrected chi connectivity index (χ1v) is 10.8. The molecule has 3 heterocycles. The van der Waals surface area contributed by atoms with Gasteiger partial charge in [-0.15, -0.1) is 0 Å². The molecule has 0 aromatic carbocycles. The monoisotopic (exact) mass is 402 g/mol. The van der Waals surface area contributed by atoms with E-state index >= 15 is 0 Å². The number of Topliss-reactive ketones (excluding diaryl/α,β-unsaturated/α-hetero) is 1. The van der Waals surface area contributed by atoms with Gasteiger partial charge in [-0.2, -0.15) is 0 Å². The van der Waals surface area contributed by atoms with Crippen molar-refractivity contribution in [3.05, 3.63) is 24.3 Å². The van der Waals surface area contributed by atoms with Gasteiger partial charge in [-0.05, 0) is 38.2 Å². The van der Waals surface area contributed by atoms with Crippen LogP contribution in [0.3, 0.4) is 0 Å². The van der Waals surface area contributed by atoms with Crippen LogP contribution in [0.5, 0.6) is 0 Å². The summed E-state index contributed by atoms with van der Waals surface area (Å²) in [5.41, 5.74) is -1.67. The highest BCUT2D eigenvalue weighted by Gasteiger charge is 2.88. The lowest BCUT2D eigenvalue weighted by Gasteiger charge is -2.76. The van der Waals surface area contributed by atoms with Gasteiger partial charge in [0.1, 0.15) is 11.5 Å². The normalized spacial score (nSPS) is 58.1. The number of fused-ring (bicyclic) bond motifs is 1. The Labute approximate surface area is 170 Å². The van der Waals surface area contributed by atoms with Gasteiger partial charge in [0.2, 0.25) is 5.79 Å². The highest BCUT2D eigenvalue weighted by molar-refractivity contribution is 6.05. The number of carbonyl (C=O) groups excluding carboxylic acids is 1. The fraction of sp³-hybridized carbons (Fsp3) is 0.783. The van der Waals surface area contributed by atoms with Gasteiger partial charge < -0.3 is 24.4 Å². The average Bonchev–Trinajstić information content (AvgIpc) is 2.75. The molecule has 0 aromatic rings.